The summed E-state index contributed by atoms with van der Waals surface area (Å²) in [5, 5.41) is 7.71. The Morgan fingerprint density at radius 1 is 1.26 bits per heavy atom. The van der Waals surface area contributed by atoms with Crippen LogP contribution >= 0.6 is 11.6 Å². The number of hydrogen-bond donors (Lipinski definition) is 1. The van der Waals surface area contributed by atoms with Gasteiger partial charge in [-0.2, -0.15) is 5.10 Å². The highest BCUT2D eigenvalue weighted by atomic mass is 35.5. The first kappa shape index (κ1) is 21.8. The fraction of sp³-hybridized carbons (Fsp3) is 0.522. The first-order valence-electron chi connectivity index (χ1n) is 11.0. The van der Waals surface area contributed by atoms with E-state index in [1.165, 1.54) is 4.68 Å². The lowest BCUT2D eigenvalue weighted by molar-refractivity contribution is -0.137. The van der Waals surface area contributed by atoms with E-state index in [0.29, 0.717) is 31.1 Å². The highest BCUT2D eigenvalue weighted by Crippen LogP contribution is 2.29. The molecule has 0 unspecified atom stereocenters. The molecule has 3 atom stereocenters. The molecule has 2 aliphatic heterocycles. The number of likely N-dealkylation sites (tertiary alicyclic amines) is 1. The van der Waals surface area contributed by atoms with Gasteiger partial charge < -0.3 is 15.0 Å². The normalized spacial score (nSPS) is 22.9. The Bertz CT molecular complexity index is 959. The summed E-state index contributed by atoms with van der Waals surface area (Å²) in [7, 11) is 0. The van der Waals surface area contributed by atoms with Gasteiger partial charge in [-0.25, -0.2) is 4.68 Å². The molecule has 2 aromatic rings. The van der Waals surface area contributed by atoms with E-state index in [1.807, 2.05) is 42.2 Å². The molecule has 3 heterocycles. The van der Waals surface area contributed by atoms with Crippen LogP contribution in [0.3, 0.4) is 0 Å². The topological polar surface area (TPSA) is 76.5 Å². The number of ether oxygens (including phenoxy) is 1. The van der Waals surface area contributed by atoms with Crippen LogP contribution in [0.2, 0.25) is 5.02 Å². The highest BCUT2D eigenvalue weighted by Gasteiger charge is 2.32. The maximum Gasteiger partial charge on any atom is 0.287 e. The van der Waals surface area contributed by atoms with Crippen LogP contribution in [0, 0.1) is 5.92 Å². The molecule has 0 aliphatic carbocycles. The number of halogens is 1. The summed E-state index contributed by atoms with van der Waals surface area (Å²) in [5.41, 5.74) is 1.29. The minimum absolute atomic E-state index is 0.00161. The van der Waals surface area contributed by atoms with Gasteiger partial charge >= 0.3 is 0 Å². The van der Waals surface area contributed by atoms with Gasteiger partial charge in [0.05, 0.1) is 30.6 Å². The van der Waals surface area contributed by atoms with Crippen molar-refractivity contribution >= 4 is 23.2 Å². The van der Waals surface area contributed by atoms with Crippen molar-refractivity contribution < 1.29 is 9.53 Å². The summed E-state index contributed by atoms with van der Waals surface area (Å²) in [6, 6.07) is 9.70. The third kappa shape index (κ3) is 4.93. The molecular weight excluding hydrogens is 416 g/mol. The highest BCUT2D eigenvalue weighted by molar-refractivity contribution is 6.32. The molecule has 4 rings (SSSR count). The number of carbonyl (C=O) groups excluding carboxylic acids is 1. The van der Waals surface area contributed by atoms with Gasteiger partial charge in [-0.1, -0.05) is 41.9 Å². The molecule has 0 spiro atoms. The van der Waals surface area contributed by atoms with Gasteiger partial charge in [0.2, 0.25) is 5.91 Å². The first-order valence-corrected chi connectivity index (χ1v) is 11.4. The Kier molecular flexibility index (Phi) is 6.92. The van der Waals surface area contributed by atoms with Crippen LogP contribution in [-0.2, 0) is 9.53 Å². The van der Waals surface area contributed by atoms with Gasteiger partial charge in [0.1, 0.15) is 5.02 Å². The number of hydrogen-bond acceptors (Lipinski definition) is 5. The molecule has 7 nitrogen and oxygen atoms in total. The SMILES string of the molecule is C[C@@H](c1ccccc1)N1CC[C@H](n2ncc(NC[C@@H]3CCCOC3)c(Cl)c2=O)CC1=O. The van der Waals surface area contributed by atoms with Crippen molar-refractivity contribution in [2.75, 3.05) is 31.6 Å². The number of benzene rings is 1. The lowest BCUT2D eigenvalue weighted by Gasteiger charge is -2.36. The summed E-state index contributed by atoms with van der Waals surface area (Å²) in [6.07, 6.45) is 4.65. The Morgan fingerprint density at radius 2 is 2.06 bits per heavy atom. The maximum atomic E-state index is 12.9. The number of anilines is 1. The molecule has 31 heavy (non-hydrogen) atoms. The number of nitrogens with one attached hydrogen (secondary N) is 1. The summed E-state index contributed by atoms with van der Waals surface area (Å²) in [6.45, 7) is 4.84. The van der Waals surface area contributed by atoms with Crippen molar-refractivity contribution in [2.45, 2.75) is 44.7 Å². The monoisotopic (exact) mass is 444 g/mol. The first-order chi connectivity index (χ1) is 15.0. The Hall–Kier alpha value is -2.38. The standard InChI is InChI=1S/C23H29ClN4O3/c1-16(18-7-3-2-4-8-18)27-10-9-19(12-21(27)29)28-23(30)22(24)20(14-26-28)25-13-17-6-5-11-31-15-17/h2-4,7-8,14,16-17,19,25H,5-6,9-13,15H2,1H3/t16-,17-,19-/m0/s1. The zero-order valence-corrected chi connectivity index (χ0v) is 18.6. The predicted octanol–water partition coefficient (Wildman–Crippen LogP) is 3.66. The minimum Gasteiger partial charge on any atom is -0.382 e. The molecule has 1 aromatic carbocycles. The maximum absolute atomic E-state index is 12.9. The molecule has 1 amide bonds. The van der Waals surface area contributed by atoms with Crippen LogP contribution in [0.5, 0.6) is 0 Å². The van der Waals surface area contributed by atoms with Crippen molar-refractivity contribution in [1.82, 2.24) is 14.7 Å². The molecule has 2 fully saturated rings. The van der Waals surface area contributed by atoms with Crippen LogP contribution < -0.4 is 10.9 Å². The zero-order chi connectivity index (χ0) is 21.8. The van der Waals surface area contributed by atoms with Crippen molar-refractivity contribution in [3.63, 3.8) is 0 Å². The van der Waals surface area contributed by atoms with Gasteiger partial charge in [0.15, 0.2) is 0 Å². The molecule has 166 valence electrons. The molecular formula is C23H29ClN4O3. The Morgan fingerprint density at radius 3 is 2.77 bits per heavy atom. The fourth-order valence-corrected chi connectivity index (χ4v) is 4.62. The van der Waals surface area contributed by atoms with Gasteiger partial charge in [-0.3, -0.25) is 9.59 Å². The molecule has 0 saturated carbocycles. The Balaban J connectivity index is 1.41. The van der Waals surface area contributed by atoms with Crippen molar-refractivity contribution in [3.8, 4) is 0 Å². The smallest absolute Gasteiger partial charge is 0.287 e. The molecule has 0 radical (unpaired) electrons. The summed E-state index contributed by atoms with van der Waals surface area (Å²) < 4.78 is 6.87. The number of piperidine rings is 1. The third-order valence-electron chi connectivity index (χ3n) is 6.31. The summed E-state index contributed by atoms with van der Waals surface area (Å²) in [4.78, 5) is 27.6. The third-order valence-corrected chi connectivity index (χ3v) is 6.67. The average Bonchev–Trinajstić information content (AvgIpc) is 2.81. The molecule has 2 aliphatic rings. The van der Waals surface area contributed by atoms with Crippen LogP contribution in [0.4, 0.5) is 5.69 Å². The second-order valence-corrected chi connectivity index (χ2v) is 8.78. The van der Waals surface area contributed by atoms with E-state index in [9.17, 15) is 9.59 Å². The van der Waals surface area contributed by atoms with Crippen molar-refractivity contribution in [2.24, 2.45) is 5.92 Å². The van der Waals surface area contributed by atoms with Crippen LogP contribution in [0.25, 0.3) is 0 Å². The second kappa shape index (κ2) is 9.83. The number of aromatic nitrogens is 2. The van der Waals surface area contributed by atoms with E-state index >= 15 is 0 Å². The van der Waals surface area contributed by atoms with Gasteiger partial charge in [0.25, 0.3) is 5.56 Å². The van der Waals surface area contributed by atoms with E-state index < -0.39 is 0 Å². The molecule has 1 N–H and O–H groups in total. The molecule has 8 heteroatoms. The fourth-order valence-electron chi connectivity index (χ4n) is 4.41. The average molecular weight is 445 g/mol. The number of rotatable bonds is 6. The van der Waals surface area contributed by atoms with Gasteiger partial charge in [-0.15, -0.1) is 0 Å². The summed E-state index contributed by atoms with van der Waals surface area (Å²) in [5.74, 6) is 0.428. The predicted molar refractivity (Wildman–Crippen MR) is 120 cm³/mol. The molecule has 0 bridgehead atoms. The number of carbonyl (C=O) groups is 1. The Labute approximate surface area is 187 Å². The van der Waals surface area contributed by atoms with E-state index in [2.05, 4.69) is 10.4 Å². The van der Waals surface area contributed by atoms with Crippen LogP contribution in [0.1, 0.15) is 50.3 Å². The lowest BCUT2D eigenvalue weighted by Crippen LogP contribution is -2.43. The minimum atomic E-state index is -0.353. The van der Waals surface area contributed by atoms with Crippen LogP contribution in [-0.4, -0.2) is 46.9 Å². The summed E-state index contributed by atoms with van der Waals surface area (Å²) >= 11 is 6.37. The molecule has 2 saturated heterocycles. The second-order valence-electron chi connectivity index (χ2n) is 8.41. The molecule has 1 aromatic heterocycles. The van der Waals surface area contributed by atoms with E-state index in [-0.39, 0.29) is 35.0 Å². The van der Waals surface area contributed by atoms with E-state index in [4.69, 9.17) is 16.3 Å². The quantitative estimate of drug-likeness (QED) is 0.735. The lowest BCUT2D eigenvalue weighted by atomic mass is 9.99. The largest absolute Gasteiger partial charge is 0.382 e. The van der Waals surface area contributed by atoms with E-state index in [1.54, 1.807) is 6.20 Å². The van der Waals surface area contributed by atoms with Gasteiger partial charge in [0, 0.05) is 26.1 Å². The van der Waals surface area contributed by atoms with Crippen molar-refractivity contribution in [3.05, 3.63) is 57.5 Å². The zero-order valence-electron chi connectivity index (χ0n) is 17.8. The number of nitrogens with zero attached hydrogens (tertiary/aromatic N) is 3. The van der Waals surface area contributed by atoms with E-state index in [0.717, 1.165) is 31.6 Å². The van der Waals surface area contributed by atoms with Gasteiger partial charge in [-0.05, 0) is 37.7 Å². The van der Waals surface area contributed by atoms with Crippen molar-refractivity contribution in [1.29, 1.82) is 0 Å². The number of amides is 1. The van der Waals surface area contributed by atoms with Crippen LogP contribution in [0.15, 0.2) is 41.3 Å².